The normalized spacial score (nSPS) is 10.5. The molecule has 0 unspecified atom stereocenters. The highest BCUT2D eigenvalue weighted by Gasteiger charge is 1.97. The van der Waals surface area contributed by atoms with Gasteiger partial charge in [-0.2, -0.15) is 5.10 Å². The van der Waals surface area contributed by atoms with Crippen molar-refractivity contribution in [2.75, 3.05) is 6.54 Å². The molecule has 0 spiro atoms. The van der Waals surface area contributed by atoms with E-state index in [1.165, 1.54) is 0 Å². The van der Waals surface area contributed by atoms with Gasteiger partial charge in [-0.25, -0.2) is 0 Å². The summed E-state index contributed by atoms with van der Waals surface area (Å²) in [7, 11) is 0. The van der Waals surface area contributed by atoms with E-state index in [1.807, 2.05) is 54.6 Å². The molecule has 5 heteroatoms. The number of ether oxygens (including phenoxy) is 1. The van der Waals surface area contributed by atoms with E-state index in [0.717, 1.165) is 36.3 Å². The standard InChI is InChI=1S/C19H23N3OS/c1-2-3-12-20-19(24)22-21-14-17-10-7-11-18(13-17)23-15-16-8-5-4-6-9-16/h4-11,13-14H,2-3,12,15H2,1H3,(H2,20,22,24). The number of hydrazone groups is 1. The van der Waals surface area contributed by atoms with Crippen LogP contribution in [0.1, 0.15) is 30.9 Å². The van der Waals surface area contributed by atoms with E-state index in [4.69, 9.17) is 17.0 Å². The van der Waals surface area contributed by atoms with Crippen LogP contribution < -0.4 is 15.5 Å². The summed E-state index contributed by atoms with van der Waals surface area (Å²) in [5.74, 6) is 0.812. The third-order valence-corrected chi connectivity index (χ3v) is 3.54. The van der Waals surface area contributed by atoms with Crippen molar-refractivity contribution in [3.05, 3.63) is 65.7 Å². The Morgan fingerprint density at radius 2 is 2.00 bits per heavy atom. The Bertz CT molecular complexity index is 659. The Morgan fingerprint density at radius 1 is 1.17 bits per heavy atom. The fourth-order valence-electron chi connectivity index (χ4n) is 2.01. The number of unbranched alkanes of at least 4 members (excludes halogenated alkanes) is 1. The van der Waals surface area contributed by atoms with E-state index in [9.17, 15) is 0 Å². The lowest BCUT2D eigenvalue weighted by atomic mass is 10.2. The minimum absolute atomic E-state index is 0.538. The lowest BCUT2D eigenvalue weighted by Crippen LogP contribution is -2.32. The Balaban J connectivity index is 1.81. The monoisotopic (exact) mass is 341 g/mol. The minimum atomic E-state index is 0.538. The van der Waals surface area contributed by atoms with E-state index in [1.54, 1.807) is 6.21 Å². The SMILES string of the molecule is CCCCNC(=S)NN=Cc1cccc(OCc2ccccc2)c1. The fraction of sp³-hybridized carbons (Fsp3) is 0.263. The van der Waals surface area contributed by atoms with Crippen LogP contribution in [0.4, 0.5) is 0 Å². The molecule has 0 aliphatic rings. The maximum atomic E-state index is 5.81. The van der Waals surface area contributed by atoms with Gasteiger partial charge in [0.1, 0.15) is 12.4 Å². The third kappa shape index (κ3) is 6.79. The molecule has 24 heavy (non-hydrogen) atoms. The largest absolute Gasteiger partial charge is 0.489 e. The molecule has 0 saturated heterocycles. The Kier molecular flexibility index (Phi) is 7.77. The molecule has 4 nitrogen and oxygen atoms in total. The number of nitrogens with zero attached hydrogens (tertiary/aromatic N) is 1. The Labute approximate surface area is 148 Å². The minimum Gasteiger partial charge on any atom is -0.489 e. The smallest absolute Gasteiger partial charge is 0.186 e. The predicted octanol–water partition coefficient (Wildman–Crippen LogP) is 3.86. The average Bonchev–Trinajstić information content (AvgIpc) is 2.61. The topological polar surface area (TPSA) is 45.7 Å². The van der Waals surface area contributed by atoms with Gasteiger partial charge >= 0.3 is 0 Å². The second-order valence-corrected chi connectivity index (χ2v) is 5.73. The van der Waals surface area contributed by atoms with Gasteiger partial charge in [-0.15, -0.1) is 0 Å². The first-order valence-corrected chi connectivity index (χ1v) is 8.52. The van der Waals surface area contributed by atoms with Crippen LogP contribution in [0.2, 0.25) is 0 Å². The van der Waals surface area contributed by atoms with Gasteiger partial charge in [-0.05, 0) is 41.9 Å². The molecule has 0 amide bonds. The van der Waals surface area contributed by atoms with E-state index in [0.29, 0.717) is 11.7 Å². The summed E-state index contributed by atoms with van der Waals surface area (Å²) in [4.78, 5) is 0. The zero-order valence-corrected chi connectivity index (χ0v) is 14.7. The molecule has 2 N–H and O–H groups in total. The van der Waals surface area contributed by atoms with Crippen LogP contribution in [-0.4, -0.2) is 17.9 Å². The van der Waals surface area contributed by atoms with Crippen molar-refractivity contribution in [3.63, 3.8) is 0 Å². The van der Waals surface area contributed by atoms with Gasteiger partial charge in [0, 0.05) is 6.54 Å². The molecular weight excluding hydrogens is 318 g/mol. The lowest BCUT2D eigenvalue weighted by Gasteiger charge is -2.07. The van der Waals surface area contributed by atoms with Crippen molar-refractivity contribution >= 4 is 23.5 Å². The molecule has 0 radical (unpaired) electrons. The highest BCUT2D eigenvalue weighted by atomic mass is 32.1. The van der Waals surface area contributed by atoms with Crippen molar-refractivity contribution in [2.45, 2.75) is 26.4 Å². The van der Waals surface area contributed by atoms with Crippen molar-refractivity contribution in [2.24, 2.45) is 5.10 Å². The lowest BCUT2D eigenvalue weighted by molar-refractivity contribution is 0.306. The van der Waals surface area contributed by atoms with E-state index >= 15 is 0 Å². The first kappa shape index (κ1) is 17.9. The van der Waals surface area contributed by atoms with Crippen LogP contribution in [0, 0.1) is 0 Å². The summed E-state index contributed by atoms with van der Waals surface area (Å²) in [6.07, 6.45) is 3.95. The van der Waals surface area contributed by atoms with Crippen LogP contribution in [-0.2, 0) is 6.61 Å². The molecule has 0 heterocycles. The number of rotatable bonds is 8. The first-order valence-electron chi connectivity index (χ1n) is 8.11. The summed E-state index contributed by atoms with van der Waals surface area (Å²) in [5.41, 5.74) is 4.91. The molecule has 126 valence electrons. The van der Waals surface area contributed by atoms with Crippen molar-refractivity contribution in [1.29, 1.82) is 0 Å². The van der Waals surface area contributed by atoms with Crippen LogP contribution in [0.15, 0.2) is 59.7 Å². The number of benzene rings is 2. The maximum absolute atomic E-state index is 5.81. The highest BCUT2D eigenvalue weighted by Crippen LogP contribution is 2.14. The molecule has 0 bridgehead atoms. The molecule has 0 aromatic heterocycles. The van der Waals surface area contributed by atoms with Crippen LogP contribution in [0.25, 0.3) is 0 Å². The molecule has 2 rings (SSSR count). The molecule has 0 atom stereocenters. The van der Waals surface area contributed by atoms with Gasteiger partial charge in [0.25, 0.3) is 0 Å². The predicted molar refractivity (Wildman–Crippen MR) is 103 cm³/mol. The Morgan fingerprint density at radius 3 is 2.79 bits per heavy atom. The van der Waals surface area contributed by atoms with Crippen molar-refractivity contribution < 1.29 is 4.74 Å². The number of hydrogen-bond donors (Lipinski definition) is 2. The quantitative estimate of drug-likeness (QED) is 0.331. The number of hydrogen-bond acceptors (Lipinski definition) is 3. The number of thiocarbonyl (C=S) groups is 1. The van der Waals surface area contributed by atoms with E-state index in [2.05, 4.69) is 22.8 Å². The van der Waals surface area contributed by atoms with Gasteiger partial charge in [0.15, 0.2) is 5.11 Å². The summed E-state index contributed by atoms with van der Waals surface area (Å²) < 4.78 is 5.81. The first-order chi connectivity index (χ1) is 11.8. The highest BCUT2D eigenvalue weighted by molar-refractivity contribution is 7.80. The van der Waals surface area contributed by atoms with Gasteiger partial charge < -0.3 is 10.1 Å². The van der Waals surface area contributed by atoms with Gasteiger partial charge in [-0.1, -0.05) is 55.8 Å². The summed E-state index contributed by atoms with van der Waals surface area (Å²) in [5, 5.41) is 7.79. The van der Waals surface area contributed by atoms with Gasteiger partial charge in [-0.3, -0.25) is 5.43 Å². The zero-order chi connectivity index (χ0) is 17.0. The van der Waals surface area contributed by atoms with Crippen molar-refractivity contribution in [1.82, 2.24) is 10.7 Å². The van der Waals surface area contributed by atoms with Crippen LogP contribution >= 0.6 is 12.2 Å². The zero-order valence-electron chi connectivity index (χ0n) is 13.9. The fourth-order valence-corrected chi connectivity index (χ4v) is 2.16. The molecule has 0 saturated carbocycles. The molecule has 0 aliphatic carbocycles. The molecule has 2 aromatic carbocycles. The van der Waals surface area contributed by atoms with Crippen LogP contribution in [0.3, 0.4) is 0 Å². The molecular formula is C19H23N3OS. The average molecular weight is 341 g/mol. The third-order valence-electron chi connectivity index (χ3n) is 3.30. The second-order valence-electron chi connectivity index (χ2n) is 5.33. The van der Waals surface area contributed by atoms with Crippen molar-refractivity contribution in [3.8, 4) is 5.75 Å². The summed E-state index contributed by atoms with van der Waals surface area (Å²) >= 11 is 5.14. The maximum Gasteiger partial charge on any atom is 0.186 e. The van der Waals surface area contributed by atoms with Crippen LogP contribution in [0.5, 0.6) is 5.75 Å². The molecule has 0 fully saturated rings. The summed E-state index contributed by atoms with van der Waals surface area (Å²) in [6, 6.07) is 17.9. The van der Waals surface area contributed by atoms with E-state index < -0.39 is 0 Å². The molecule has 2 aromatic rings. The summed E-state index contributed by atoms with van der Waals surface area (Å²) in [6.45, 7) is 3.55. The van der Waals surface area contributed by atoms with E-state index in [-0.39, 0.29) is 0 Å². The molecule has 0 aliphatic heterocycles. The number of nitrogens with one attached hydrogen (secondary N) is 2. The van der Waals surface area contributed by atoms with Gasteiger partial charge in [0.05, 0.1) is 6.21 Å². The second kappa shape index (κ2) is 10.4. The van der Waals surface area contributed by atoms with Gasteiger partial charge in [0.2, 0.25) is 0 Å². The Hall–Kier alpha value is -2.40.